The van der Waals surface area contributed by atoms with E-state index in [2.05, 4.69) is 5.32 Å². The van der Waals surface area contributed by atoms with Gasteiger partial charge in [0.25, 0.3) is 0 Å². The summed E-state index contributed by atoms with van der Waals surface area (Å²) in [6.45, 7) is 1.81. The number of nitrogens with zero attached hydrogens (tertiary/aromatic N) is 1. The van der Waals surface area contributed by atoms with Gasteiger partial charge in [0.2, 0.25) is 11.8 Å². The summed E-state index contributed by atoms with van der Waals surface area (Å²) in [6.07, 6.45) is 2.38. The molecular formula is C18H26N2O4. The highest BCUT2D eigenvalue weighted by Gasteiger charge is 2.23. The van der Waals surface area contributed by atoms with E-state index in [1.807, 2.05) is 29.2 Å². The smallest absolute Gasteiger partial charge is 0.226 e. The van der Waals surface area contributed by atoms with Gasteiger partial charge in [0.1, 0.15) is 5.75 Å². The van der Waals surface area contributed by atoms with Crippen LogP contribution in [0.4, 0.5) is 0 Å². The van der Waals surface area contributed by atoms with Gasteiger partial charge in [-0.15, -0.1) is 0 Å². The number of rotatable bonds is 7. The maximum Gasteiger partial charge on any atom is 0.226 e. The highest BCUT2D eigenvalue weighted by Crippen LogP contribution is 2.15. The van der Waals surface area contributed by atoms with Crippen LogP contribution in [0.3, 0.4) is 0 Å². The fourth-order valence-corrected chi connectivity index (χ4v) is 2.80. The lowest BCUT2D eigenvalue weighted by Crippen LogP contribution is -2.47. The first-order valence-corrected chi connectivity index (χ1v) is 8.31. The van der Waals surface area contributed by atoms with Crippen molar-refractivity contribution in [3.8, 4) is 5.75 Å². The third kappa shape index (κ3) is 5.53. The minimum atomic E-state index is 0.0138. The van der Waals surface area contributed by atoms with Crippen molar-refractivity contribution < 1.29 is 19.1 Å². The van der Waals surface area contributed by atoms with Gasteiger partial charge in [0.15, 0.2) is 0 Å². The molecule has 1 aliphatic heterocycles. The Morgan fingerprint density at radius 3 is 2.42 bits per heavy atom. The SMILES string of the molecule is COCCC(=O)NC1CCN(C(=O)Cc2ccc(OC)cc2)CC1. The lowest BCUT2D eigenvalue weighted by molar-refractivity contribution is -0.131. The lowest BCUT2D eigenvalue weighted by atomic mass is 10.0. The zero-order valence-corrected chi connectivity index (χ0v) is 14.4. The number of ether oxygens (including phenoxy) is 2. The lowest BCUT2D eigenvalue weighted by Gasteiger charge is -2.32. The Bertz CT molecular complexity index is 536. The largest absolute Gasteiger partial charge is 0.497 e. The van der Waals surface area contributed by atoms with Crippen LogP contribution in [0, 0.1) is 0 Å². The zero-order valence-electron chi connectivity index (χ0n) is 14.4. The van der Waals surface area contributed by atoms with Crippen LogP contribution in [0.25, 0.3) is 0 Å². The number of carbonyl (C=O) groups is 2. The van der Waals surface area contributed by atoms with Crippen LogP contribution in [-0.4, -0.2) is 56.7 Å². The summed E-state index contributed by atoms with van der Waals surface area (Å²) in [6, 6.07) is 7.72. The third-order valence-corrected chi connectivity index (χ3v) is 4.26. The van der Waals surface area contributed by atoms with E-state index in [0.29, 0.717) is 32.5 Å². The van der Waals surface area contributed by atoms with E-state index in [1.54, 1.807) is 14.2 Å². The summed E-state index contributed by atoms with van der Waals surface area (Å²) in [5, 5.41) is 3.00. The van der Waals surface area contributed by atoms with Gasteiger partial charge in [0, 0.05) is 32.7 Å². The average molecular weight is 334 g/mol. The summed E-state index contributed by atoms with van der Waals surface area (Å²) < 4.78 is 10.0. The number of piperidine rings is 1. The fraction of sp³-hybridized carbons (Fsp3) is 0.556. The topological polar surface area (TPSA) is 67.9 Å². The van der Waals surface area contributed by atoms with Gasteiger partial charge >= 0.3 is 0 Å². The van der Waals surface area contributed by atoms with Crippen molar-refractivity contribution in [2.24, 2.45) is 0 Å². The van der Waals surface area contributed by atoms with Gasteiger partial charge in [-0.05, 0) is 30.5 Å². The molecule has 24 heavy (non-hydrogen) atoms. The van der Waals surface area contributed by atoms with Crippen LogP contribution < -0.4 is 10.1 Å². The van der Waals surface area contributed by atoms with Crippen LogP contribution in [0.5, 0.6) is 5.75 Å². The molecular weight excluding hydrogens is 308 g/mol. The first-order chi connectivity index (χ1) is 11.6. The van der Waals surface area contributed by atoms with Gasteiger partial charge in [-0.3, -0.25) is 9.59 Å². The van der Waals surface area contributed by atoms with E-state index in [9.17, 15) is 9.59 Å². The number of hydrogen-bond acceptors (Lipinski definition) is 4. The number of methoxy groups -OCH3 is 2. The monoisotopic (exact) mass is 334 g/mol. The molecule has 2 amide bonds. The Labute approximate surface area is 143 Å². The van der Waals surface area contributed by atoms with E-state index in [4.69, 9.17) is 9.47 Å². The van der Waals surface area contributed by atoms with Gasteiger partial charge in [-0.25, -0.2) is 0 Å². The molecule has 0 spiro atoms. The van der Waals surface area contributed by atoms with Crippen LogP contribution in [0.15, 0.2) is 24.3 Å². The van der Waals surface area contributed by atoms with Gasteiger partial charge in [-0.1, -0.05) is 12.1 Å². The number of carbonyl (C=O) groups excluding carboxylic acids is 2. The standard InChI is InChI=1S/C18H26N2O4/c1-23-12-9-17(21)19-15-7-10-20(11-8-15)18(22)13-14-3-5-16(24-2)6-4-14/h3-6,15H,7-13H2,1-2H3,(H,19,21). The van der Waals surface area contributed by atoms with Crippen molar-refractivity contribution in [1.29, 1.82) is 0 Å². The summed E-state index contributed by atoms with van der Waals surface area (Å²) in [4.78, 5) is 26.0. The average Bonchev–Trinajstić information content (AvgIpc) is 2.61. The second-order valence-electron chi connectivity index (χ2n) is 5.99. The molecule has 1 fully saturated rings. The van der Waals surface area contributed by atoms with E-state index in [-0.39, 0.29) is 17.9 Å². The molecule has 132 valence electrons. The van der Waals surface area contributed by atoms with Gasteiger partial charge in [-0.2, -0.15) is 0 Å². The normalized spacial score (nSPS) is 15.2. The van der Waals surface area contributed by atoms with E-state index in [1.165, 1.54) is 0 Å². The van der Waals surface area contributed by atoms with E-state index >= 15 is 0 Å². The molecule has 1 N–H and O–H groups in total. The summed E-state index contributed by atoms with van der Waals surface area (Å²) in [5.74, 6) is 0.931. The van der Waals surface area contributed by atoms with Crippen LogP contribution >= 0.6 is 0 Å². The minimum Gasteiger partial charge on any atom is -0.497 e. The number of benzene rings is 1. The number of nitrogens with one attached hydrogen (secondary N) is 1. The molecule has 1 saturated heterocycles. The molecule has 0 radical (unpaired) electrons. The maximum atomic E-state index is 12.4. The van der Waals surface area contributed by atoms with Crippen molar-refractivity contribution in [2.45, 2.75) is 31.7 Å². The molecule has 0 atom stereocenters. The molecule has 2 rings (SSSR count). The van der Waals surface area contributed by atoms with Crippen LogP contribution in [0.1, 0.15) is 24.8 Å². The first kappa shape index (κ1) is 18.3. The molecule has 6 nitrogen and oxygen atoms in total. The number of amides is 2. The molecule has 0 aliphatic carbocycles. The molecule has 1 aromatic rings. The molecule has 0 aromatic heterocycles. The number of likely N-dealkylation sites (tertiary alicyclic amines) is 1. The summed E-state index contributed by atoms with van der Waals surface area (Å²) >= 11 is 0. The summed E-state index contributed by atoms with van der Waals surface area (Å²) in [5.41, 5.74) is 0.982. The van der Waals surface area contributed by atoms with Crippen molar-refractivity contribution in [3.05, 3.63) is 29.8 Å². The van der Waals surface area contributed by atoms with Crippen molar-refractivity contribution in [3.63, 3.8) is 0 Å². The van der Waals surface area contributed by atoms with Crippen LogP contribution in [0.2, 0.25) is 0 Å². The summed E-state index contributed by atoms with van der Waals surface area (Å²) in [7, 11) is 3.21. The predicted octanol–water partition coefficient (Wildman–Crippen LogP) is 1.38. The molecule has 0 unspecified atom stereocenters. The van der Waals surface area contributed by atoms with Crippen molar-refractivity contribution in [2.75, 3.05) is 33.9 Å². The van der Waals surface area contributed by atoms with E-state index in [0.717, 1.165) is 24.2 Å². The zero-order chi connectivity index (χ0) is 17.4. The second-order valence-corrected chi connectivity index (χ2v) is 5.99. The Kier molecular flexibility index (Phi) is 7.06. The molecule has 0 saturated carbocycles. The Morgan fingerprint density at radius 1 is 1.17 bits per heavy atom. The quantitative estimate of drug-likeness (QED) is 0.818. The molecule has 0 bridgehead atoms. The Hall–Kier alpha value is -2.08. The van der Waals surface area contributed by atoms with Gasteiger partial charge in [0.05, 0.1) is 20.1 Å². The van der Waals surface area contributed by atoms with Crippen molar-refractivity contribution in [1.82, 2.24) is 10.2 Å². The minimum absolute atomic E-state index is 0.0138. The highest BCUT2D eigenvalue weighted by atomic mass is 16.5. The fourth-order valence-electron chi connectivity index (χ4n) is 2.80. The molecule has 1 heterocycles. The number of hydrogen-bond donors (Lipinski definition) is 1. The second kappa shape index (κ2) is 9.27. The van der Waals surface area contributed by atoms with Gasteiger partial charge < -0.3 is 19.7 Å². The first-order valence-electron chi connectivity index (χ1n) is 8.31. The van der Waals surface area contributed by atoms with E-state index < -0.39 is 0 Å². The molecule has 1 aliphatic rings. The Balaban J connectivity index is 1.74. The molecule has 1 aromatic carbocycles. The highest BCUT2D eigenvalue weighted by molar-refractivity contribution is 5.79. The molecule has 6 heteroatoms. The predicted molar refractivity (Wildman–Crippen MR) is 90.9 cm³/mol. The van der Waals surface area contributed by atoms with Crippen LogP contribution in [-0.2, 0) is 20.7 Å². The maximum absolute atomic E-state index is 12.4. The third-order valence-electron chi connectivity index (χ3n) is 4.26. The van der Waals surface area contributed by atoms with Crippen molar-refractivity contribution >= 4 is 11.8 Å². The Morgan fingerprint density at radius 2 is 1.83 bits per heavy atom.